The number of benzene rings is 2. The number of fused-ring (bicyclic) bond motifs is 1. The summed E-state index contributed by atoms with van der Waals surface area (Å²) in [5.74, 6) is 1.08. The van der Waals surface area contributed by atoms with E-state index in [-0.39, 0.29) is 16.6 Å². The normalized spacial score (nSPS) is 15.9. The van der Waals surface area contributed by atoms with Gasteiger partial charge in [-0.15, -0.1) is 11.8 Å². The number of ether oxygens (including phenoxy) is 1. The van der Waals surface area contributed by atoms with Gasteiger partial charge in [-0.25, -0.2) is 4.79 Å². The molecule has 1 unspecified atom stereocenters. The van der Waals surface area contributed by atoms with Crippen LogP contribution in [0.15, 0.2) is 73.7 Å². The molecule has 29 heavy (non-hydrogen) atoms. The number of para-hydroxylation sites is 1. The number of nitrogens with zero attached hydrogens (tertiary/aromatic N) is 1. The van der Waals surface area contributed by atoms with Gasteiger partial charge in [0.15, 0.2) is 0 Å². The molecule has 1 atom stereocenters. The maximum Gasteiger partial charge on any atom is 0.348 e. The molecular weight excluding hydrogens is 386 g/mol. The molecule has 1 N–H and O–H groups in total. The minimum Gasteiger partial charge on any atom is -0.507 e. The monoisotopic (exact) mass is 407 g/mol. The molecule has 0 amide bonds. The van der Waals surface area contributed by atoms with Crippen LogP contribution in [-0.4, -0.2) is 17.4 Å². The summed E-state index contributed by atoms with van der Waals surface area (Å²) in [4.78, 5) is 18.3. The molecule has 3 aromatic rings. The lowest BCUT2D eigenvalue weighted by atomic mass is 10.0. The van der Waals surface area contributed by atoms with Crippen LogP contribution in [-0.2, 0) is 0 Å². The number of hydrogen-bond donors (Lipinski definition) is 1. The van der Waals surface area contributed by atoms with Crippen molar-refractivity contribution < 1.29 is 14.3 Å². The molecule has 0 aliphatic carbocycles. The van der Waals surface area contributed by atoms with Crippen LogP contribution in [0.4, 0.5) is 5.69 Å². The van der Waals surface area contributed by atoms with Gasteiger partial charge in [0, 0.05) is 22.6 Å². The number of thioether (sulfide) groups is 1. The fraction of sp³-hybridized carbons (Fsp3) is 0.217. The summed E-state index contributed by atoms with van der Waals surface area (Å²) in [5.41, 5.74) is 1.95. The third-order valence-electron chi connectivity index (χ3n) is 4.67. The Bertz CT molecular complexity index is 1120. The third kappa shape index (κ3) is 4.07. The molecule has 0 saturated carbocycles. The van der Waals surface area contributed by atoms with E-state index in [4.69, 9.17) is 14.1 Å². The fourth-order valence-electron chi connectivity index (χ4n) is 3.36. The van der Waals surface area contributed by atoms with Crippen molar-refractivity contribution in [3.8, 4) is 11.5 Å². The van der Waals surface area contributed by atoms with Gasteiger partial charge >= 0.3 is 5.63 Å². The number of aryl methyl sites for hydroxylation is 1. The second kappa shape index (κ2) is 8.17. The van der Waals surface area contributed by atoms with E-state index in [0.29, 0.717) is 24.5 Å². The summed E-state index contributed by atoms with van der Waals surface area (Å²) < 4.78 is 10.8. The van der Waals surface area contributed by atoms with Crippen LogP contribution in [0.3, 0.4) is 0 Å². The lowest BCUT2D eigenvalue weighted by molar-refractivity contribution is 0.340. The van der Waals surface area contributed by atoms with Crippen LogP contribution >= 0.6 is 11.8 Å². The molecule has 1 aliphatic heterocycles. The smallest absolute Gasteiger partial charge is 0.348 e. The molecule has 0 spiro atoms. The molecule has 0 saturated heterocycles. The Hall–Kier alpha value is -2.99. The highest BCUT2D eigenvalue weighted by Crippen LogP contribution is 2.46. The molecule has 1 aliphatic rings. The van der Waals surface area contributed by atoms with E-state index >= 15 is 0 Å². The zero-order valence-electron chi connectivity index (χ0n) is 16.2. The Morgan fingerprint density at radius 3 is 2.69 bits per heavy atom. The van der Waals surface area contributed by atoms with Crippen molar-refractivity contribution in [2.24, 2.45) is 4.99 Å². The molecule has 0 fully saturated rings. The molecule has 4 rings (SSSR count). The summed E-state index contributed by atoms with van der Waals surface area (Å²) in [6.07, 6.45) is 0.481. The van der Waals surface area contributed by atoms with Gasteiger partial charge in [0.25, 0.3) is 0 Å². The second-order valence-electron chi connectivity index (χ2n) is 6.74. The Morgan fingerprint density at radius 2 is 1.97 bits per heavy atom. The van der Waals surface area contributed by atoms with Gasteiger partial charge in [-0.05, 0) is 43.7 Å². The van der Waals surface area contributed by atoms with E-state index in [1.165, 1.54) is 6.07 Å². The van der Waals surface area contributed by atoms with Crippen molar-refractivity contribution in [2.45, 2.75) is 30.4 Å². The first-order valence-corrected chi connectivity index (χ1v) is 10.3. The van der Waals surface area contributed by atoms with Crippen LogP contribution in [0.25, 0.3) is 0 Å². The predicted octanol–water partition coefficient (Wildman–Crippen LogP) is 5.41. The van der Waals surface area contributed by atoms with Crippen LogP contribution in [0.1, 0.15) is 35.5 Å². The van der Waals surface area contributed by atoms with Gasteiger partial charge in [-0.1, -0.05) is 24.3 Å². The zero-order chi connectivity index (χ0) is 20.4. The summed E-state index contributed by atoms with van der Waals surface area (Å²) in [6.45, 7) is 4.20. The van der Waals surface area contributed by atoms with E-state index in [0.717, 1.165) is 21.9 Å². The molecule has 5 nitrogen and oxygen atoms in total. The van der Waals surface area contributed by atoms with Crippen molar-refractivity contribution in [2.75, 3.05) is 6.61 Å². The standard InChI is InChI=1S/C23H21NO4S/c1-3-27-16-10-8-15(9-11-16)21-13-18(22-19(25)12-14(2)28-23(22)26)24-17-6-4-5-7-20(17)29-21/h4-12,21,25H,3,13H2,1-2H3. The van der Waals surface area contributed by atoms with Crippen molar-refractivity contribution in [3.05, 3.63) is 81.9 Å². The van der Waals surface area contributed by atoms with Gasteiger partial charge in [0.2, 0.25) is 0 Å². The van der Waals surface area contributed by atoms with Crippen molar-refractivity contribution in [3.63, 3.8) is 0 Å². The Balaban J connectivity index is 1.79. The second-order valence-corrected chi connectivity index (χ2v) is 7.99. The molecule has 2 aromatic carbocycles. The maximum absolute atomic E-state index is 12.5. The average molecular weight is 407 g/mol. The van der Waals surface area contributed by atoms with Crippen LogP contribution in [0.5, 0.6) is 11.5 Å². The molecule has 2 heterocycles. The van der Waals surface area contributed by atoms with Gasteiger partial charge in [0.05, 0.1) is 18.0 Å². The third-order valence-corrected chi connectivity index (χ3v) is 6.00. The Labute approximate surface area is 173 Å². The van der Waals surface area contributed by atoms with Gasteiger partial charge in [-0.3, -0.25) is 4.99 Å². The largest absolute Gasteiger partial charge is 0.507 e. The van der Waals surface area contributed by atoms with Crippen LogP contribution in [0, 0.1) is 6.92 Å². The fourth-order valence-corrected chi connectivity index (χ4v) is 4.59. The lowest BCUT2D eigenvalue weighted by Gasteiger charge is -2.16. The molecular formula is C23H21NO4S. The number of rotatable bonds is 4. The lowest BCUT2D eigenvalue weighted by Crippen LogP contribution is -2.17. The summed E-state index contributed by atoms with van der Waals surface area (Å²) >= 11 is 1.69. The zero-order valence-corrected chi connectivity index (χ0v) is 17.0. The predicted molar refractivity (Wildman–Crippen MR) is 115 cm³/mol. The van der Waals surface area contributed by atoms with E-state index in [2.05, 4.69) is 0 Å². The van der Waals surface area contributed by atoms with Crippen molar-refractivity contribution in [1.82, 2.24) is 0 Å². The van der Waals surface area contributed by atoms with E-state index in [1.54, 1.807) is 18.7 Å². The maximum atomic E-state index is 12.5. The minimum absolute atomic E-state index is 0.0215. The van der Waals surface area contributed by atoms with Gasteiger partial charge < -0.3 is 14.3 Å². The van der Waals surface area contributed by atoms with Gasteiger partial charge in [-0.2, -0.15) is 0 Å². The van der Waals surface area contributed by atoms with E-state index in [1.807, 2.05) is 55.5 Å². The summed E-state index contributed by atoms with van der Waals surface area (Å²) in [6, 6.07) is 17.2. The van der Waals surface area contributed by atoms with Gasteiger partial charge in [0.1, 0.15) is 22.8 Å². The first-order valence-electron chi connectivity index (χ1n) is 9.45. The first-order chi connectivity index (χ1) is 14.0. The van der Waals surface area contributed by atoms with Crippen LogP contribution in [0.2, 0.25) is 0 Å². The quantitative estimate of drug-likeness (QED) is 0.626. The van der Waals surface area contributed by atoms with E-state index in [9.17, 15) is 9.90 Å². The molecule has 148 valence electrons. The number of aromatic hydroxyl groups is 1. The molecule has 0 bridgehead atoms. The van der Waals surface area contributed by atoms with Crippen molar-refractivity contribution >= 4 is 23.2 Å². The number of aliphatic imine (C=N–C) groups is 1. The highest BCUT2D eigenvalue weighted by atomic mass is 32.2. The highest BCUT2D eigenvalue weighted by molar-refractivity contribution is 7.99. The molecule has 6 heteroatoms. The Kier molecular flexibility index (Phi) is 5.45. The molecule has 1 aromatic heterocycles. The topological polar surface area (TPSA) is 72.0 Å². The number of hydrogen-bond acceptors (Lipinski definition) is 6. The Morgan fingerprint density at radius 1 is 1.21 bits per heavy atom. The summed E-state index contributed by atoms with van der Waals surface area (Å²) in [5, 5.41) is 10.5. The van der Waals surface area contributed by atoms with E-state index < -0.39 is 5.63 Å². The minimum atomic E-state index is -0.573. The highest BCUT2D eigenvalue weighted by Gasteiger charge is 2.26. The van der Waals surface area contributed by atoms with Crippen LogP contribution < -0.4 is 10.4 Å². The molecule has 0 radical (unpaired) electrons. The average Bonchev–Trinajstić information content (AvgIpc) is 2.87. The summed E-state index contributed by atoms with van der Waals surface area (Å²) in [7, 11) is 0. The first kappa shape index (κ1) is 19.3. The SMILES string of the molecule is CCOc1ccc(C2CC(c3c(O)cc(C)oc3=O)=Nc3ccccc3S2)cc1. The van der Waals surface area contributed by atoms with Crippen molar-refractivity contribution in [1.29, 1.82) is 0 Å².